The van der Waals surface area contributed by atoms with Crippen molar-refractivity contribution in [3.8, 4) is 5.88 Å². The number of nitrogens with zero attached hydrogens (tertiary/aromatic N) is 1. The number of methoxy groups -OCH3 is 1. The predicted octanol–water partition coefficient (Wildman–Crippen LogP) is 2.81. The zero-order valence-electron chi connectivity index (χ0n) is 14.8. The van der Waals surface area contributed by atoms with E-state index in [9.17, 15) is 14.6 Å². The molecule has 25 heavy (non-hydrogen) atoms. The summed E-state index contributed by atoms with van der Waals surface area (Å²) in [7, 11) is -1.69. The Labute approximate surface area is 156 Å². The van der Waals surface area contributed by atoms with Gasteiger partial charge >= 0.3 is 0 Å². The van der Waals surface area contributed by atoms with E-state index in [0.717, 1.165) is 31.2 Å². The fourth-order valence-electron chi connectivity index (χ4n) is 3.26. The molecule has 0 radical (unpaired) electrons. The van der Waals surface area contributed by atoms with E-state index in [1.165, 1.54) is 6.42 Å². The van der Waals surface area contributed by atoms with Crippen LogP contribution in [0.2, 0.25) is 0 Å². The third-order valence-electron chi connectivity index (χ3n) is 4.48. The minimum Gasteiger partial charge on any atom is -0.481 e. The number of nitrogens with one attached hydrogen (secondary N) is 1. The Morgan fingerprint density at radius 1 is 1.36 bits per heavy atom. The highest BCUT2D eigenvalue weighted by atomic mass is 35.5. The lowest BCUT2D eigenvalue weighted by Gasteiger charge is -2.25. The van der Waals surface area contributed by atoms with E-state index in [0.29, 0.717) is 31.0 Å². The predicted molar refractivity (Wildman–Crippen MR) is 102 cm³/mol. The first-order valence-electron chi connectivity index (χ1n) is 8.67. The molecule has 1 heterocycles. The molecule has 1 aliphatic rings. The standard InChI is InChI=1S/C17H29N2O4P.ClH/c1-23-17-8-7-15(10-19-17)9-18-11-16(20)13-24(21,22)12-14-5-3-2-4-6-14;/h7-8,10,14,16,18,20H,2-6,9,11-13H2,1H3,(H,21,22);1H/t16-;/m0./s1. The minimum absolute atomic E-state index is 0. The van der Waals surface area contributed by atoms with Crippen LogP contribution < -0.4 is 10.1 Å². The number of rotatable bonds is 9. The van der Waals surface area contributed by atoms with Gasteiger partial charge in [-0.05, 0) is 24.3 Å². The molecule has 1 unspecified atom stereocenters. The number of hydrogen-bond donors (Lipinski definition) is 3. The van der Waals surface area contributed by atoms with Gasteiger partial charge in [0.05, 0.1) is 19.4 Å². The molecule has 1 aromatic rings. The molecule has 0 bridgehead atoms. The number of hydrogen-bond acceptors (Lipinski definition) is 5. The van der Waals surface area contributed by atoms with Crippen molar-refractivity contribution in [2.24, 2.45) is 5.92 Å². The fourth-order valence-corrected chi connectivity index (χ4v) is 5.37. The van der Waals surface area contributed by atoms with Crippen LogP contribution in [0.15, 0.2) is 18.3 Å². The molecule has 0 aromatic carbocycles. The molecule has 144 valence electrons. The Morgan fingerprint density at radius 2 is 2.08 bits per heavy atom. The highest BCUT2D eigenvalue weighted by Gasteiger charge is 2.27. The topological polar surface area (TPSA) is 91.7 Å². The number of aliphatic hydroxyl groups excluding tert-OH is 1. The third kappa shape index (κ3) is 8.52. The van der Waals surface area contributed by atoms with Crippen molar-refractivity contribution in [2.45, 2.75) is 44.8 Å². The van der Waals surface area contributed by atoms with Crippen molar-refractivity contribution < 1.29 is 19.3 Å². The molecule has 2 atom stereocenters. The number of aliphatic hydroxyl groups is 1. The average Bonchev–Trinajstić information content (AvgIpc) is 2.55. The Balaban J connectivity index is 0.00000312. The van der Waals surface area contributed by atoms with E-state index in [2.05, 4.69) is 10.3 Å². The monoisotopic (exact) mass is 392 g/mol. The van der Waals surface area contributed by atoms with Crippen molar-refractivity contribution >= 4 is 19.8 Å². The van der Waals surface area contributed by atoms with Gasteiger partial charge in [0.2, 0.25) is 13.2 Å². The van der Waals surface area contributed by atoms with E-state index in [1.807, 2.05) is 6.07 Å². The van der Waals surface area contributed by atoms with E-state index in [1.54, 1.807) is 19.4 Å². The van der Waals surface area contributed by atoms with Crippen LogP contribution in [0, 0.1) is 5.92 Å². The molecule has 3 N–H and O–H groups in total. The average molecular weight is 393 g/mol. The summed E-state index contributed by atoms with van der Waals surface area (Å²) in [6.45, 7) is 0.841. The van der Waals surface area contributed by atoms with Gasteiger partial charge in [-0.1, -0.05) is 25.3 Å². The molecular formula is C17H30ClN2O4P. The van der Waals surface area contributed by atoms with Crippen molar-refractivity contribution in [3.05, 3.63) is 23.9 Å². The maximum Gasteiger partial charge on any atom is 0.212 e. The summed E-state index contributed by atoms with van der Waals surface area (Å²) in [5.74, 6) is 0.905. The van der Waals surface area contributed by atoms with Gasteiger partial charge in [-0.3, -0.25) is 4.57 Å². The first kappa shape index (κ1) is 22.4. The lowest BCUT2D eigenvalue weighted by molar-refractivity contribution is 0.189. The normalized spacial score (nSPS) is 18.8. The highest BCUT2D eigenvalue weighted by molar-refractivity contribution is 7.58. The summed E-state index contributed by atoms with van der Waals surface area (Å²) in [5.41, 5.74) is 0.970. The molecule has 8 heteroatoms. The summed E-state index contributed by atoms with van der Waals surface area (Å²) < 4.78 is 17.3. The van der Waals surface area contributed by atoms with Crippen molar-refractivity contribution in [3.63, 3.8) is 0 Å². The third-order valence-corrected chi connectivity index (χ3v) is 6.56. The second-order valence-electron chi connectivity index (χ2n) is 6.71. The quantitative estimate of drug-likeness (QED) is 0.560. The van der Waals surface area contributed by atoms with E-state index in [4.69, 9.17) is 4.74 Å². The van der Waals surface area contributed by atoms with E-state index >= 15 is 0 Å². The van der Waals surface area contributed by atoms with E-state index in [-0.39, 0.29) is 18.6 Å². The molecule has 1 saturated carbocycles. The first-order valence-corrected chi connectivity index (χ1v) is 10.7. The minimum atomic E-state index is -3.26. The van der Waals surface area contributed by atoms with Crippen LogP contribution in [0.5, 0.6) is 5.88 Å². The van der Waals surface area contributed by atoms with Gasteiger partial charge in [0.15, 0.2) is 0 Å². The number of pyridine rings is 1. The number of aromatic nitrogens is 1. The molecule has 0 aliphatic heterocycles. The summed E-state index contributed by atoms with van der Waals surface area (Å²) in [5, 5.41) is 13.1. The molecule has 0 amide bonds. The summed E-state index contributed by atoms with van der Waals surface area (Å²) in [4.78, 5) is 14.3. The Hall–Kier alpha value is -0.650. The molecule has 1 aromatic heterocycles. The van der Waals surface area contributed by atoms with Crippen LogP contribution in [0.4, 0.5) is 0 Å². The molecule has 1 aliphatic carbocycles. The Morgan fingerprint density at radius 3 is 2.68 bits per heavy atom. The van der Waals surface area contributed by atoms with Gasteiger partial charge in [0.25, 0.3) is 0 Å². The van der Waals surface area contributed by atoms with Crippen LogP contribution >= 0.6 is 19.8 Å². The SMILES string of the molecule is COc1ccc(CNC[C@H](O)CP(=O)(O)CC2CCCCC2)cn1.Cl. The second-order valence-corrected chi connectivity index (χ2v) is 9.13. The number of halogens is 1. The van der Waals surface area contributed by atoms with Gasteiger partial charge in [-0.25, -0.2) is 4.98 Å². The zero-order chi connectivity index (χ0) is 17.4. The summed E-state index contributed by atoms with van der Waals surface area (Å²) in [6, 6.07) is 3.67. The fraction of sp³-hybridized carbons (Fsp3) is 0.706. The van der Waals surface area contributed by atoms with Gasteiger partial charge in [0.1, 0.15) is 0 Å². The highest BCUT2D eigenvalue weighted by Crippen LogP contribution is 2.45. The smallest absolute Gasteiger partial charge is 0.212 e. The van der Waals surface area contributed by atoms with Crippen LogP contribution in [0.3, 0.4) is 0 Å². The van der Waals surface area contributed by atoms with Crippen LogP contribution in [-0.2, 0) is 11.1 Å². The maximum atomic E-state index is 12.3. The van der Waals surface area contributed by atoms with Gasteiger partial charge in [-0.2, -0.15) is 0 Å². The van der Waals surface area contributed by atoms with Crippen LogP contribution in [-0.4, -0.2) is 47.1 Å². The van der Waals surface area contributed by atoms with Gasteiger partial charge < -0.3 is 20.1 Å². The van der Waals surface area contributed by atoms with Crippen molar-refractivity contribution in [2.75, 3.05) is 26.0 Å². The summed E-state index contributed by atoms with van der Waals surface area (Å²) >= 11 is 0. The lowest BCUT2D eigenvalue weighted by Crippen LogP contribution is -2.30. The number of ether oxygens (including phenoxy) is 1. The molecular weight excluding hydrogens is 363 g/mol. The van der Waals surface area contributed by atoms with Gasteiger partial charge in [-0.15, -0.1) is 12.4 Å². The molecule has 0 spiro atoms. The first-order chi connectivity index (χ1) is 11.5. The van der Waals surface area contributed by atoms with Crippen LogP contribution in [0.25, 0.3) is 0 Å². The Kier molecular flexibility index (Phi) is 9.98. The Bertz CT molecular complexity index is 538. The van der Waals surface area contributed by atoms with E-state index < -0.39 is 13.5 Å². The second kappa shape index (κ2) is 11.1. The molecule has 2 rings (SSSR count). The zero-order valence-corrected chi connectivity index (χ0v) is 16.5. The maximum absolute atomic E-state index is 12.3. The van der Waals surface area contributed by atoms with Gasteiger partial charge in [0, 0.05) is 31.5 Å². The van der Waals surface area contributed by atoms with Crippen molar-refractivity contribution in [1.29, 1.82) is 0 Å². The molecule has 1 fully saturated rings. The summed E-state index contributed by atoms with van der Waals surface area (Å²) in [6.07, 6.45) is 6.86. The van der Waals surface area contributed by atoms with Crippen LogP contribution in [0.1, 0.15) is 37.7 Å². The lowest BCUT2D eigenvalue weighted by atomic mass is 9.91. The van der Waals surface area contributed by atoms with Crippen molar-refractivity contribution in [1.82, 2.24) is 10.3 Å². The molecule has 6 nitrogen and oxygen atoms in total. The largest absolute Gasteiger partial charge is 0.481 e. The molecule has 0 saturated heterocycles.